The van der Waals surface area contributed by atoms with Crippen LogP contribution in [0.1, 0.15) is 49.5 Å². The first kappa shape index (κ1) is 15.2. The minimum absolute atomic E-state index is 0.167. The first-order valence-electron chi connectivity index (χ1n) is 6.46. The normalized spacial score (nSPS) is 10.7. The molecule has 0 saturated heterocycles. The molecule has 112 valence electrons. The van der Waals surface area contributed by atoms with Crippen LogP contribution < -0.4 is 5.32 Å². The van der Waals surface area contributed by atoms with Gasteiger partial charge >= 0.3 is 5.97 Å². The van der Waals surface area contributed by atoms with Gasteiger partial charge in [0.2, 0.25) is 0 Å². The fraction of sp³-hybridized carbons (Fsp3) is 0.357. The van der Waals surface area contributed by atoms with Crippen LogP contribution in [-0.4, -0.2) is 22.1 Å². The average molecular weight is 308 g/mol. The number of aromatic carboxylic acids is 1. The maximum absolute atomic E-state index is 12.3. The van der Waals surface area contributed by atoms with Gasteiger partial charge in [-0.25, -0.2) is 4.79 Å². The summed E-state index contributed by atoms with van der Waals surface area (Å²) in [5.41, 5.74) is 1.74. The molecule has 6 nitrogen and oxygen atoms in total. The zero-order valence-corrected chi connectivity index (χ0v) is 13.1. The average Bonchev–Trinajstić information content (AvgIpc) is 2.89. The zero-order chi connectivity index (χ0) is 15.7. The molecule has 0 radical (unpaired) electrons. The summed E-state index contributed by atoms with van der Waals surface area (Å²) in [6, 6.07) is 0. The molecule has 2 aromatic heterocycles. The van der Waals surface area contributed by atoms with Crippen LogP contribution in [-0.2, 0) is 6.42 Å². The minimum atomic E-state index is -1.04. The molecule has 0 bridgehead atoms. The Morgan fingerprint density at radius 1 is 1.29 bits per heavy atom. The molecular formula is C14H16N2O4S. The molecule has 0 aliphatic carbocycles. The first-order chi connectivity index (χ1) is 9.86. The Bertz CT molecular complexity index is 695. The topological polar surface area (TPSA) is 92.4 Å². The van der Waals surface area contributed by atoms with Gasteiger partial charge in [0.15, 0.2) is 0 Å². The van der Waals surface area contributed by atoms with E-state index in [4.69, 9.17) is 4.52 Å². The second kappa shape index (κ2) is 5.69. The first-order valence-corrected chi connectivity index (χ1v) is 7.28. The zero-order valence-electron chi connectivity index (χ0n) is 12.2. The van der Waals surface area contributed by atoms with Crippen LogP contribution in [0.2, 0.25) is 0 Å². The number of nitrogens with one attached hydrogen (secondary N) is 1. The number of carbonyl (C=O) groups is 2. The number of thiophene rings is 1. The van der Waals surface area contributed by atoms with Gasteiger partial charge in [0.1, 0.15) is 16.3 Å². The van der Waals surface area contributed by atoms with Gasteiger partial charge in [-0.3, -0.25) is 4.79 Å². The van der Waals surface area contributed by atoms with Gasteiger partial charge in [-0.1, -0.05) is 12.1 Å². The van der Waals surface area contributed by atoms with Crippen molar-refractivity contribution >= 4 is 28.2 Å². The van der Waals surface area contributed by atoms with E-state index in [1.165, 1.54) is 11.3 Å². The van der Waals surface area contributed by atoms with Gasteiger partial charge in [0.25, 0.3) is 5.91 Å². The van der Waals surface area contributed by atoms with E-state index in [-0.39, 0.29) is 5.56 Å². The number of hydrogen-bond donors (Lipinski definition) is 2. The number of aryl methyl sites for hydroxylation is 3. The molecule has 2 N–H and O–H groups in total. The quantitative estimate of drug-likeness (QED) is 0.905. The second-order valence-corrected chi connectivity index (χ2v) is 5.88. The summed E-state index contributed by atoms with van der Waals surface area (Å²) in [4.78, 5) is 24.6. The van der Waals surface area contributed by atoms with Crippen LogP contribution in [0.15, 0.2) is 4.52 Å². The Kier molecular flexibility index (Phi) is 4.13. The van der Waals surface area contributed by atoms with Crippen LogP contribution >= 0.6 is 11.3 Å². The molecule has 0 unspecified atom stereocenters. The largest absolute Gasteiger partial charge is 0.478 e. The lowest BCUT2D eigenvalue weighted by molar-refractivity contribution is 0.0697. The molecule has 2 heterocycles. The molecule has 0 aliphatic rings. The molecule has 2 aromatic rings. The summed E-state index contributed by atoms with van der Waals surface area (Å²) in [6.07, 6.45) is 0.602. The van der Waals surface area contributed by atoms with E-state index in [1.54, 1.807) is 13.8 Å². The number of carbonyl (C=O) groups excluding carboxylic acids is 1. The van der Waals surface area contributed by atoms with Crippen molar-refractivity contribution < 1.29 is 19.2 Å². The predicted octanol–water partition coefficient (Wildman–Crippen LogP) is 3.17. The molecule has 0 saturated carbocycles. The smallest absolute Gasteiger partial charge is 0.339 e. The van der Waals surface area contributed by atoms with Crippen LogP contribution in [0.25, 0.3) is 0 Å². The highest BCUT2D eigenvalue weighted by Gasteiger charge is 2.24. The molecule has 0 aromatic carbocycles. The fourth-order valence-corrected chi connectivity index (χ4v) is 3.42. The maximum atomic E-state index is 12.3. The van der Waals surface area contributed by atoms with Crippen molar-refractivity contribution in [3.05, 3.63) is 33.0 Å². The molecule has 0 aliphatic heterocycles. The Hall–Kier alpha value is -2.15. The summed E-state index contributed by atoms with van der Waals surface area (Å²) in [5.74, 6) is -1.03. The van der Waals surface area contributed by atoms with Crippen molar-refractivity contribution in [2.45, 2.75) is 34.1 Å². The third-order valence-corrected chi connectivity index (χ3v) is 4.33. The minimum Gasteiger partial charge on any atom is -0.478 e. The summed E-state index contributed by atoms with van der Waals surface area (Å²) >= 11 is 1.27. The number of carboxylic acids is 1. The molecule has 0 atom stereocenters. The van der Waals surface area contributed by atoms with Gasteiger partial charge < -0.3 is 14.9 Å². The molecule has 1 amide bonds. The third kappa shape index (κ3) is 2.69. The van der Waals surface area contributed by atoms with Crippen molar-refractivity contribution in [1.29, 1.82) is 0 Å². The highest BCUT2D eigenvalue weighted by molar-refractivity contribution is 7.16. The van der Waals surface area contributed by atoms with E-state index in [0.717, 1.165) is 10.4 Å². The van der Waals surface area contributed by atoms with Crippen LogP contribution in [0.3, 0.4) is 0 Å². The molecular weight excluding hydrogens is 292 g/mol. The van der Waals surface area contributed by atoms with E-state index in [1.807, 2.05) is 13.8 Å². The molecule has 2 rings (SSSR count). The standard InChI is InChI=1S/C14H16N2O4S/c1-5-9-8(4)21-13(11(9)14(18)19)15-12(17)10-6(2)16-20-7(10)3/h5H2,1-4H3,(H,15,17)(H,18,19). The molecule has 0 spiro atoms. The number of rotatable bonds is 4. The van der Waals surface area contributed by atoms with Crippen molar-refractivity contribution in [2.75, 3.05) is 5.32 Å². The third-order valence-electron chi connectivity index (χ3n) is 3.26. The number of anilines is 1. The van der Waals surface area contributed by atoms with Gasteiger partial charge in [-0.2, -0.15) is 0 Å². The lowest BCUT2D eigenvalue weighted by Crippen LogP contribution is -2.15. The Balaban J connectivity index is 2.41. The van der Waals surface area contributed by atoms with Gasteiger partial charge in [0.05, 0.1) is 11.3 Å². The van der Waals surface area contributed by atoms with Crippen molar-refractivity contribution in [2.24, 2.45) is 0 Å². The van der Waals surface area contributed by atoms with Crippen LogP contribution in [0.5, 0.6) is 0 Å². The summed E-state index contributed by atoms with van der Waals surface area (Å²) < 4.78 is 4.96. The predicted molar refractivity (Wildman–Crippen MR) is 79.3 cm³/mol. The summed E-state index contributed by atoms with van der Waals surface area (Å²) in [6.45, 7) is 7.05. The lowest BCUT2D eigenvalue weighted by Gasteiger charge is -2.04. The summed E-state index contributed by atoms with van der Waals surface area (Å²) in [7, 11) is 0. The van der Waals surface area contributed by atoms with Gasteiger partial charge in [-0.15, -0.1) is 11.3 Å². The Morgan fingerprint density at radius 3 is 2.43 bits per heavy atom. The fourth-order valence-electron chi connectivity index (χ4n) is 2.29. The van der Waals surface area contributed by atoms with Gasteiger partial charge in [-0.05, 0) is 32.8 Å². The number of nitrogens with zero attached hydrogens (tertiary/aromatic N) is 1. The lowest BCUT2D eigenvalue weighted by atomic mass is 10.1. The van der Waals surface area contributed by atoms with E-state index < -0.39 is 11.9 Å². The maximum Gasteiger partial charge on any atom is 0.339 e. The van der Waals surface area contributed by atoms with Crippen LogP contribution in [0, 0.1) is 20.8 Å². The van der Waals surface area contributed by atoms with Crippen molar-refractivity contribution in [1.82, 2.24) is 5.16 Å². The van der Waals surface area contributed by atoms with E-state index in [9.17, 15) is 14.7 Å². The molecule has 21 heavy (non-hydrogen) atoms. The van der Waals surface area contributed by atoms with Crippen molar-refractivity contribution in [3.63, 3.8) is 0 Å². The number of hydrogen-bond acceptors (Lipinski definition) is 5. The number of carboxylic acid groups (broad SMARTS) is 1. The number of aromatic nitrogens is 1. The number of amides is 1. The Labute approximate surface area is 125 Å². The highest BCUT2D eigenvalue weighted by atomic mass is 32.1. The summed E-state index contributed by atoms with van der Waals surface area (Å²) in [5, 5.41) is 16.1. The second-order valence-electron chi connectivity index (χ2n) is 4.65. The van der Waals surface area contributed by atoms with E-state index in [0.29, 0.717) is 28.4 Å². The molecule has 0 fully saturated rings. The SMILES string of the molecule is CCc1c(C)sc(NC(=O)c2c(C)noc2C)c1C(=O)O. The van der Waals surface area contributed by atoms with Crippen LogP contribution in [0.4, 0.5) is 5.00 Å². The molecule has 7 heteroatoms. The monoisotopic (exact) mass is 308 g/mol. The van der Waals surface area contributed by atoms with E-state index >= 15 is 0 Å². The Morgan fingerprint density at radius 2 is 1.95 bits per heavy atom. The van der Waals surface area contributed by atoms with Crippen molar-refractivity contribution in [3.8, 4) is 0 Å². The highest BCUT2D eigenvalue weighted by Crippen LogP contribution is 2.34. The van der Waals surface area contributed by atoms with E-state index in [2.05, 4.69) is 10.5 Å². The van der Waals surface area contributed by atoms with Gasteiger partial charge in [0, 0.05) is 4.88 Å².